The first kappa shape index (κ1) is 25.3. The number of methoxy groups -OCH3 is 1. The van der Waals surface area contributed by atoms with Gasteiger partial charge in [-0.3, -0.25) is 9.78 Å². The minimum Gasteiger partial charge on any atom is -0.464 e. The highest BCUT2D eigenvalue weighted by Gasteiger charge is 2.15. The Bertz CT molecular complexity index is 739. The van der Waals surface area contributed by atoms with Crippen LogP contribution in [0.2, 0.25) is 0 Å². The van der Waals surface area contributed by atoms with Gasteiger partial charge in [0.15, 0.2) is 4.77 Å². The smallest absolute Gasteiger partial charge is 0.355 e. The Labute approximate surface area is 178 Å². The second kappa shape index (κ2) is 15.2. The quantitative estimate of drug-likeness (QED) is 0.160. The molecular formula is C22H36N2O4S. The lowest BCUT2D eigenvalue weighted by atomic mass is 10.0. The minimum absolute atomic E-state index is 0.122. The Morgan fingerprint density at radius 2 is 1.83 bits per heavy atom. The largest absolute Gasteiger partial charge is 0.464 e. The van der Waals surface area contributed by atoms with Crippen LogP contribution in [-0.2, 0) is 11.2 Å². The van der Waals surface area contributed by atoms with Crippen molar-refractivity contribution in [2.75, 3.05) is 7.11 Å². The summed E-state index contributed by atoms with van der Waals surface area (Å²) in [4.78, 5) is 29.2. The zero-order valence-electron chi connectivity index (χ0n) is 17.8. The third-order valence-electron chi connectivity index (χ3n) is 4.94. The number of ether oxygens (including phenoxy) is 1. The summed E-state index contributed by atoms with van der Waals surface area (Å²) in [6, 6.07) is 0. The van der Waals surface area contributed by atoms with Gasteiger partial charge in [-0.05, 0) is 50.7 Å². The Kier molecular flexibility index (Phi) is 13.2. The topological polar surface area (TPSA) is 95.2 Å². The molecule has 164 valence electrons. The lowest BCUT2D eigenvalue weighted by Gasteiger charge is -2.07. The van der Waals surface area contributed by atoms with Gasteiger partial charge >= 0.3 is 5.97 Å². The molecule has 29 heavy (non-hydrogen) atoms. The number of aromatic amines is 2. The van der Waals surface area contributed by atoms with Gasteiger partial charge in [0.1, 0.15) is 5.69 Å². The molecule has 1 aromatic rings. The van der Waals surface area contributed by atoms with E-state index in [1.807, 2.05) is 0 Å². The number of hydrogen-bond donors (Lipinski definition) is 3. The summed E-state index contributed by atoms with van der Waals surface area (Å²) in [6.45, 7) is 2.19. The van der Waals surface area contributed by atoms with E-state index < -0.39 is 5.97 Å². The first-order chi connectivity index (χ1) is 14.0. The molecule has 0 saturated heterocycles. The van der Waals surface area contributed by atoms with E-state index in [4.69, 9.17) is 17.0 Å². The van der Waals surface area contributed by atoms with Crippen molar-refractivity contribution in [1.29, 1.82) is 0 Å². The first-order valence-corrected chi connectivity index (χ1v) is 11.2. The van der Waals surface area contributed by atoms with Crippen LogP contribution in [0.5, 0.6) is 0 Å². The highest BCUT2D eigenvalue weighted by molar-refractivity contribution is 7.71. The zero-order valence-corrected chi connectivity index (χ0v) is 18.6. The van der Waals surface area contributed by atoms with Gasteiger partial charge in [0.2, 0.25) is 0 Å². The summed E-state index contributed by atoms with van der Waals surface area (Å²) in [6.07, 6.45) is 15.8. The van der Waals surface area contributed by atoms with E-state index >= 15 is 0 Å². The first-order valence-electron chi connectivity index (χ1n) is 10.8. The number of rotatable bonds is 15. The van der Waals surface area contributed by atoms with Crippen LogP contribution in [0.15, 0.2) is 16.9 Å². The van der Waals surface area contributed by atoms with E-state index in [1.165, 1.54) is 26.4 Å². The summed E-state index contributed by atoms with van der Waals surface area (Å²) in [5.74, 6) is -0.574. The number of esters is 1. The molecule has 0 spiro atoms. The number of unbranched alkanes of at least 4 members (excludes halogenated alkanes) is 7. The molecule has 0 aromatic carbocycles. The van der Waals surface area contributed by atoms with Gasteiger partial charge in [-0.1, -0.05) is 57.6 Å². The molecule has 0 unspecified atom stereocenters. The second-order valence-corrected chi connectivity index (χ2v) is 7.82. The van der Waals surface area contributed by atoms with E-state index in [9.17, 15) is 14.7 Å². The summed E-state index contributed by atoms with van der Waals surface area (Å²) in [5, 5.41) is 9.93. The fraction of sp³-hybridized carbons (Fsp3) is 0.682. The van der Waals surface area contributed by atoms with Crippen LogP contribution in [0.25, 0.3) is 0 Å². The van der Waals surface area contributed by atoms with Crippen molar-refractivity contribution in [2.45, 2.75) is 90.1 Å². The Hall–Kier alpha value is -1.73. The van der Waals surface area contributed by atoms with Gasteiger partial charge in [0.25, 0.3) is 5.56 Å². The van der Waals surface area contributed by atoms with Crippen LogP contribution in [0.1, 0.15) is 93.6 Å². The highest BCUT2D eigenvalue weighted by Crippen LogP contribution is 2.11. The maximum Gasteiger partial charge on any atom is 0.355 e. The number of nitrogens with one attached hydrogen (secondary N) is 2. The molecule has 1 rings (SSSR count). The van der Waals surface area contributed by atoms with Crippen molar-refractivity contribution in [3.8, 4) is 0 Å². The van der Waals surface area contributed by atoms with Crippen LogP contribution in [0.3, 0.4) is 0 Å². The van der Waals surface area contributed by atoms with Crippen molar-refractivity contribution in [3.05, 3.63) is 38.5 Å². The second-order valence-electron chi connectivity index (χ2n) is 7.42. The highest BCUT2D eigenvalue weighted by atomic mass is 32.1. The predicted octanol–water partition coefficient (Wildman–Crippen LogP) is 4.99. The van der Waals surface area contributed by atoms with Crippen molar-refractivity contribution in [3.63, 3.8) is 0 Å². The summed E-state index contributed by atoms with van der Waals surface area (Å²) >= 11 is 4.92. The molecule has 0 amide bonds. The van der Waals surface area contributed by atoms with E-state index in [-0.39, 0.29) is 22.1 Å². The number of hydrogen-bond acceptors (Lipinski definition) is 5. The maximum absolute atomic E-state index is 12.1. The van der Waals surface area contributed by atoms with Crippen LogP contribution < -0.4 is 5.56 Å². The summed E-state index contributed by atoms with van der Waals surface area (Å²) < 4.78 is 4.85. The third-order valence-corrected chi connectivity index (χ3v) is 5.15. The molecule has 6 nitrogen and oxygen atoms in total. The van der Waals surface area contributed by atoms with Crippen LogP contribution in [0.4, 0.5) is 0 Å². The summed E-state index contributed by atoms with van der Waals surface area (Å²) in [5.41, 5.74) is 0.223. The van der Waals surface area contributed by atoms with Crippen molar-refractivity contribution < 1.29 is 14.6 Å². The average Bonchev–Trinajstić information content (AvgIpc) is 2.70. The number of aromatic nitrogens is 2. The molecule has 0 fully saturated rings. The van der Waals surface area contributed by atoms with Gasteiger partial charge in [-0.25, -0.2) is 4.79 Å². The maximum atomic E-state index is 12.1. The van der Waals surface area contributed by atoms with E-state index in [0.717, 1.165) is 51.4 Å². The van der Waals surface area contributed by atoms with E-state index in [1.54, 1.807) is 0 Å². The Morgan fingerprint density at radius 1 is 1.10 bits per heavy atom. The molecule has 0 aliphatic carbocycles. The Morgan fingerprint density at radius 3 is 2.55 bits per heavy atom. The normalized spacial score (nSPS) is 12.4. The number of carbonyl (C=O) groups is 1. The van der Waals surface area contributed by atoms with Gasteiger partial charge < -0.3 is 14.8 Å². The number of allylic oxidation sites excluding steroid dienone is 1. The number of aliphatic hydroxyl groups excluding tert-OH is 1. The zero-order chi connectivity index (χ0) is 21.5. The molecule has 7 heteroatoms. The van der Waals surface area contributed by atoms with Crippen molar-refractivity contribution in [2.24, 2.45) is 0 Å². The van der Waals surface area contributed by atoms with E-state index in [0.29, 0.717) is 12.0 Å². The third kappa shape index (κ3) is 10.6. The lowest BCUT2D eigenvalue weighted by molar-refractivity contribution is 0.0592. The van der Waals surface area contributed by atoms with Gasteiger partial charge in [-0.15, -0.1) is 0 Å². The average molecular weight is 425 g/mol. The van der Waals surface area contributed by atoms with Crippen LogP contribution in [-0.4, -0.2) is 34.3 Å². The van der Waals surface area contributed by atoms with Crippen molar-refractivity contribution >= 4 is 18.2 Å². The summed E-state index contributed by atoms with van der Waals surface area (Å²) in [7, 11) is 1.28. The molecule has 1 aromatic heterocycles. The number of carbonyl (C=O) groups excluding carboxylic acids is 1. The molecule has 0 bridgehead atoms. The molecule has 3 N–H and O–H groups in total. The molecule has 0 saturated carbocycles. The van der Waals surface area contributed by atoms with Crippen LogP contribution >= 0.6 is 12.2 Å². The van der Waals surface area contributed by atoms with Crippen molar-refractivity contribution in [1.82, 2.24) is 9.97 Å². The lowest BCUT2D eigenvalue weighted by Crippen LogP contribution is -2.21. The SMILES string of the molecule is CCCCCC[C@@H](O)C/C=C\CCCCCCc1c(C(=O)OC)[nH]c(=S)[nH]c1=O. The van der Waals surface area contributed by atoms with Crippen LogP contribution in [0, 0.1) is 4.77 Å². The molecule has 1 heterocycles. The molecule has 0 aliphatic rings. The standard InChI is InChI=1S/C22H36N2O4S/c1-3-4-5-11-14-17(25)15-12-9-7-6-8-10-13-16-18-19(21(27)28-2)23-22(29)24-20(18)26/h9,12,17,25H,3-8,10-11,13-16H2,1-2H3,(H2,23,24,26,29)/b12-9-/t17-/m1/s1. The molecule has 0 radical (unpaired) electrons. The monoisotopic (exact) mass is 424 g/mol. The molecule has 0 aliphatic heterocycles. The molecule has 1 atom stereocenters. The van der Waals surface area contributed by atoms with E-state index in [2.05, 4.69) is 29.0 Å². The number of aliphatic hydroxyl groups is 1. The Balaban J connectivity index is 2.23. The fourth-order valence-electron chi connectivity index (χ4n) is 3.24. The fourth-order valence-corrected chi connectivity index (χ4v) is 3.44. The minimum atomic E-state index is -0.574. The van der Waals surface area contributed by atoms with Gasteiger partial charge in [0.05, 0.1) is 13.2 Å². The van der Waals surface area contributed by atoms with Gasteiger partial charge in [-0.2, -0.15) is 0 Å². The van der Waals surface area contributed by atoms with Gasteiger partial charge in [0, 0.05) is 5.56 Å². The molecular weight excluding hydrogens is 388 g/mol. The predicted molar refractivity (Wildman–Crippen MR) is 119 cm³/mol. The number of H-pyrrole nitrogens is 2.